The predicted octanol–water partition coefficient (Wildman–Crippen LogP) is 6.61. The van der Waals surface area contributed by atoms with E-state index in [2.05, 4.69) is 43.5 Å². The Labute approximate surface area is 192 Å². The van der Waals surface area contributed by atoms with Gasteiger partial charge in [0.15, 0.2) is 0 Å². The van der Waals surface area contributed by atoms with Crippen LogP contribution in [0, 0.1) is 0 Å². The molecule has 0 aliphatic heterocycles. The first-order chi connectivity index (χ1) is 15.2. The molecule has 0 aliphatic rings. The van der Waals surface area contributed by atoms with Crippen LogP contribution in [0.5, 0.6) is 0 Å². The van der Waals surface area contributed by atoms with Crippen LogP contribution in [0.3, 0.4) is 0 Å². The SMILES string of the molecule is CCC/C=C\C/C=C\CCCCCCCC(=O)NC(CO)C(O)CCCCCCCC. The predicted molar refractivity (Wildman–Crippen MR) is 133 cm³/mol. The van der Waals surface area contributed by atoms with Gasteiger partial charge >= 0.3 is 0 Å². The van der Waals surface area contributed by atoms with Crippen molar-refractivity contribution in [3.05, 3.63) is 24.3 Å². The fraction of sp³-hybridized carbons (Fsp3) is 0.815. The summed E-state index contributed by atoms with van der Waals surface area (Å²) in [6.07, 6.45) is 26.5. The molecule has 0 rings (SSSR count). The van der Waals surface area contributed by atoms with Crippen LogP contribution in [0.4, 0.5) is 0 Å². The Kier molecular flexibility index (Phi) is 22.7. The second kappa shape index (κ2) is 23.5. The summed E-state index contributed by atoms with van der Waals surface area (Å²) in [6, 6.07) is -0.535. The molecule has 0 aliphatic carbocycles. The Bertz CT molecular complexity index is 448. The van der Waals surface area contributed by atoms with E-state index < -0.39 is 12.1 Å². The molecule has 0 fully saturated rings. The zero-order valence-electron chi connectivity index (χ0n) is 20.5. The van der Waals surface area contributed by atoms with Crippen LogP contribution in [0.2, 0.25) is 0 Å². The van der Waals surface area contributed by atoms with Crippen LogP contribution in [-0.2, 0) is 4.79 Å². The molecule has 0 spiro atoms. The third kappa shape index (κ3) is 20.5. The van der Waals surface area contributed by atoms with Gasteiger partial charge in [-0.25, -0.2) is 0 Å². The molecule has 2 atom stereocenters. The minimum Gasteiger partial charge on any atom is -0.394 e. The van der Waals surface area contributed by atoms with Crippen molar-refractivity contribution in [2.75, 3.05) is 6.61 Å². The second-order valence-electron chi connectivity index (χ2n) is 8.75. The summed E-state index contributed by atoms with van der Waals surface area (Å²) < 4.78 is 0. The van der Waals surface area contributed by atoms with Gasteiger partial charge in [-0.15, -0.1) is 0 Å². The Morgan fingerprint density at radius 2 is 1.39 bits per heavy atom. The topological polar surface area (TPSA) is 69.6 Å². The van der Waals surface area contributed by atoms with Gasteiger partial charge in [0.25, 0.3) is 0 Å². The Hall–Kier alpha value is -1.13. The number of aliphatic hydroxyl groups excluding tert-OH is 2. The number of amides is 1. The molecule has 0 saturated heterocycles. The van der Waals surface area contributed by atoms with Crippen LogP contribution >= 0.6 is 0 Å². The first-order valence-corrected chi connectivity index (χ1v) is 13.0. The summed E-state index contributed by atoms with van der Waals surface area (Å²) in [5.74, 6) is -0.0555. The molecule has 3 N–H and O–H groups in total. The molecule has 4 heteroatoms. The zero-order chi connectivity index (χ0) is 23.0. The van der Waals surface area contributed by atoms with Gasteiger partial charge < -0.3 is 15.5 Å². The van der Waals surface area contributed by atoms with Gasteiger partial charge in [-0.3, -0.25) is 4.79 Å². The highest BCUT2D eigenvalue weighted by molar-refractivity contribution is 5.76. The lowest BCUT2D eigenvalue weighted by atomic mass is 10.0. The molecule has 0 bridgehead atoms. The maximum atomic E-state index is 12.1. The molecular formula is C27H51NO3. The highest BCUT2D eigenvalue weighted by Gasteiger charge is 2.19. The monoisotopic (exact) mass is 437 g/mol. The van der Waals surface area contributed by atoms with E-state index in [4.69, 9.17) is 0 Å². The molecule has 0 radical (unpaired) electrons. The van der Waals surface area contributed by atoms with Gasteiger partial charge in [0.1, 0.15) is 0 Å². The van der Waals surface area contributed by atoms with E-state index in [0.717, 1.165) is 44.9 Å². The average molecular weight is 438 g/mol. The number of nitrogens with one attached hydrogen (secondary N) is 1. The third-order valence-electron chi connectivity index (χ3n) is 5.70. The van der Waals surface area contributed by atoms with Crippen LogP contribution in [0.25, 0.3) is 0 Å². The van der Waals surface area contributed by atoms with Crippen molar-refractivity contribution in [1.82, 2.24) is 5.32 Å². The normalized spacial score (nSPS) is 13.8. The van der Waals surface area contributed by atoms with E-state index in [0.29, 0.717) is 12.8 Å². The van der Waals surface area contributed by atoms with E-state index in [9.17, 15) is 15.0 Å². The van der Waals surface area contributed by atoms with E-state index in [-0.39, 0.29) is 12.5 Å². The van der Waals surface area contributed by atoms with Crippen molar-refractivity contribution < 1.29 is 15.0 Å². The molecule has 2 unspecified atom stereocenters. The Morgan fingerprint density at radius 3 is 2.06 bits per heavy atom. The summed E-state index contributed by atoms with van der Waals surface area (Å²) in [6.45, 7) is 4.19. The number of carbonyl (C=O) groups is 1. The van der Waals surface area contributed by atoms with Crippen molar-refractivity contribution in [3.63, 3.8) is 0 Å². The molecule has 0 aromatic heterocycles. The Morgan fingerprint density at radius 1 is 0.774 bits per heavy atom. The summed E-state index contributed by atoms with van der Waals surface area (Å²) in [4.78, 5) is 12.1. The van der Waals surface area contributed by atoms with E-state index in [1.807, 2.05) is 0 Å². The molecule has 0 saturated carbocycles. The number of aliphatic hydroxyl groups is 2. The van der Waals surface area contributed by atoms with Gasteiger partial charge in [0.2, 0.25) is 5.91 Å². The van der Waals surface area contributed by atoms with Gasteiger partial charge in [-0.05, 0) is 38.5 Å². The van der Waals surface area contributed by atoms with Crippen molar-refractivity contribution in [2.24, 2.45) is 0 Å². The number of allylic oxidation sites excluding steroid dienone is 4. The van der Waals surface area contributed by atoms with Gasteiger partial charge in [-0.2, -0.15) is 0 Å². The van der Waals surface area contributed by atoms with Gasteiger partial charge in [-0.1, -0.05) is 102 Å². The smallest absolute Gasteiger partial charge is 0.220 e. The summed E-state index contributed by atoms with van der Waals surface area (Å²) in [5, 5.41) is 22.6. The number of unbranched alkanes of at least 4 members (excludes halogenated alkanes) is 11. The quantitative estimate of drug-likeness (QED) is 0.132. The fourth-order valence-electron chi connectivity index (χ4n) is 3.63. The first kappa shape index (κ1) is 29.9. The van der Waals surface area contributed by atoms with Crippen LogP contribution in [0.15, 0.2) is 24.3 Å². The van der Waals surface area contributed by atoms with Gasteiger partial charge in [0, 0.05) is 6.42 Å². The van der Waals surface area contributed by atoms with E-state index in [1.165, 1.54) is 51.4 Å². The second-order valence-corrected chi connectivity index (χ2v) is 8.75. The lowest BCUT2D eigenvalue weighted by Gasteiger charge is -2.22. The van der Waals surface area contributed by atoms with Crippen molar-refractivity contribution in [2.45, 2.75) is 135 Å². The minimum absolute atomic E-state index is 0.0555. The lowest BCUT2D eigenvalue weighted by Crippen LogP contribution is -2.45. The van der Waals surface area contributed by atoms with Crippen molar-refractivity contribution >= 4 is 5.91 Å². The summed E-state index contributed by atoms with van der Waals surface area (Å²) in [5.41, 5.74) is 0. The fourth-order valence-corrected chi connectivity index (χ4v) is 3.63. The molecule has 0 aromatic rings. The standard InChI is InChI=1S/C27H51NO3/c1-3-5-7-9-11-12-13-14-15-16-17-19-21-23-27(31)28-25(24-29)26(30)22-20-18-10-8-6-4-2/h7,9,12-13,25-26,29-30H,3-6,8,10-11,14-24H2,1-2H3,(H,28,31)/b9-7-,13-12-. The van der Waals surface area contributed by atoms with Crippen LogP contribution in [0.1, 0.15) is 123 Å². The lowest BCUT2D eigenvalue weighted by molar-refractivity contribution is -0.123. The van der Waals surface area contributed by atoms with Gasteiger partial charge in [0.05, 0.1) is 18.8 Å². The summed E-state index contributed by atoms with van der Waals surface area (Å²) >= 11 is 0. The van der Waals surface area contributed by atoms with Crippen LogP contribution < -0.4 is 5.32 Å². The molecule has 0 aromatic carbocycles. The largest absolute Gasteiger partial charge is 0.394 e. The maximum absolute atomic E-state index is 12.1. The number of carbonyl (C=O) groups excluding carboxylic acids is 1. The zero-order valence-corrected chi connectivity index (χ0v) is 20.5. The highest BCUT2D eigenvalue weighted by atomic mass is 16.3. The van der Waals surface area contributed by atoms with E-state index in [1.54, 1.807) is 0 Å². The molecule has 31 heavy (non-hydrogen) atoms. The van der Waals surface area contributed by atoms with Crippen molar-refractivity contribution in [3.8, 4) is 0 Å². The number of hydrogen-bond acceptors (Lipinski definition) is 3. The molecular weight excluding hydrogens is 386 g/mol. The van der Waals surface area contributed by atoms with Crippen LogP contribution in [-0.4, -0.2) is 34.9 Å². The Balaban J connectivity index is 3.67. The third-order valence-corrected chi connectivity index (χ3v) is 5.70. The van der Waals surface area contributed by atoms with E-state index >= 15 is 0 Å². The first-order valence-electron chi connectivity index (χ1n) is 13.0. The molecule has 1 amide bonds. The average Bonchev–Trinajstić information content (AvgIpc) is 2.77. The molecule has 182 valence electrons. The van der Waals surface area contributed by atoms with Crippen molar-refractivity contribution in [1.29, 1.82) is 0 Å². The maximum Gasteiger partial charge on any atom is 0.220 e. The highest BCUT2D eigenvalue weighted by Crippen LogP contribution is 2.11. The molecule has 0 heterocycles. The molecule has 4 nitrogen and oxygen atoms in total. The summed E-state index contributed by atoms with van der Waals surface area (Å²) in [7, 11) is 0. The minimum atomic E-state index is -0.657. The number of rotatable bonds is 22. The number of hydrogen-bond donors (Lipinski definition) is 3.